The van der Waals surface area contributed by atoms with Crippen molar-refractivity contribution in [3.05, 3.63) is 29.8 Å². The Hall–Kier alpha value is -1.35. The number of carbonyl (C=O) groups is 1. The number of carbonyl (C=O) groups excluding carboxylic acids is 1. The van der Waals surface area contributed by atoms with Crippen molar-refractivity contribution < 1.29 is 4.79 Å². The number of hydrogen-bond acceptors (Lipinski definition) is 2. The Morgan fingerprint density at radius 3 is 2.94 bits per heavy atom. The summed E-state index contributed by atoms with van der Waals surface area (Å²) in [5.41, 5.74) is 2.06. The zero-order valence-electron chi connectivity index (χ0n) is 9.25. The second kappa shape index (κ2) is 3.59. The number of nitrogens with one attached hydrogen (secondary N) is 2. The molecule has 2 N–H and O–H groups in total. The summed E-state index contributed by atoms with van der Waals surface area (Å²) in [6.45, 7) is 1.85. The monoisotopic (exact) mass is 216 g/mol. The van der Waals surface area contributed by atoms with Crippen LogP contribution in [0.3, 0.4) is 0 Å². The Morgan fingerprint density at radius 1 is 1.25 bits per heavy atom. The molecule has 1 aromatic carbocycles. The number of benzene rings is 1. The van der Waals surface area contributed by atoms with Gasteiger partial charge in [-0.25, -0.2) is 0 Å². The van der Waals surface area contributed by atoms with Gasteiger partial charge in [0.15, 0.2) is 0 Å². The highest BCUT2D eigenvalue weighted by Crippen LogP contribution is 2.37. The van der Waals surface area contributed by atoms with E-state index in [4.69, 9.17) is 0 Å². The lowest BCUT2D eigenvalue weighted by Gasteiger charge is -2.40. The molecule has 3 rings (SSSR count). The number of hydrogen-bond donors (Lipinski definition) is 2. The van der Waals surface area contributed by atoms with Gasteiger partial charge < -0.3 is 10.6 Å². The molecule has 16 heavy (non-hydrogen) atoms. The van der Waals surface area contributed by atoms with Gasteiger partial charge in [0.05, 0.1) is 5.41 Å². The van der Waals surface area contributed by atoms with E-state index in [1.165, 1.54) is 5.56 Å². The van der Waals surface area contributed by atoms with E-state index >= 15 is 0 Å². The zero-order valence-corrected chi connectivity index (χ0v) is 9.25. The fraction of sp³-hybridized carbons (Fsp3) is 0.462. The molecule has 0 saturated carbocycles. The van der Waals surface area contributed by atoms with E-state index in [1.54, 1.807) is 0 Å². The molecular formula is C13H16N2O. The van der Waals surface area contributed by atoms with Crippen molar-refractivity contribution in [2.45, 2.75) is 19.3 Å². The summed E-state index contributed by atoms with van der Waals surface area (Å²) in [5, 5.41) is 6.39. The summed E-state index contributed by atoms with van der Waals surface area (Å²) in [6.07, 6.45) is 2.97. The number of para-hydroxylation sites is 1. The number of rotatable bonds is 0. The highest BCUT2D eigenvalue weighted by molar-refractivity contribution is 5.98. The Labute approximate surface area is 95.2 Å². The first-order valence-electron chi connectivity index (χ1n) is 5.90. The predicted molar refractivity (Wildman–Crippen MR) is 63.3 cm³/mol. The van der Waals surface area contributed by atoms with E-state index in [0.29, 0.717) is 0 Å². The maximum atomic E-state index is 12.2. The van der Waals surface area contributed by atoms with Crippen molar-refractivity contribution >= 4 is 11.6 Å². The predicted octanol–water partition coefficient (Wildman–Crippen LogP) is 1.55. The molecule has 1 fully saturated rings. The molecule has 84 valence electrons. The summed E-state index contributed by atoms with van der Waals surface area (Å²) < 4.78 is 0. The minimum absolute atomic E-state index is 0.193. The quantitative estimate of drug-likeness (QED) is 0.691. The molecule has 3 nitrogen and oxygen atoms in total. The van der Waals surface area contributed by atoms with E-state index in [2.05, 4.69) is 16.7 Å². The van der Waals surface area contributed by atoms with Gasteiger partial charge in [0, 0.05) is 12.2 Å². The molecule has 2 aliphatic rings. The lowest BCUT2D eigenvalue weighted by molar-refractivity contribution is -0.127. The standard InChI is InChI=1S/C13H16N2O/c16-12-13(6-3-7-14-9-13)8-10-4-1-2-5-11(10)15-12/h1-2,4-5,14H,3,6-9H2,(H,15,16). The average Bonchev–Trinajstić information content (AvgIpc) is 2.32. The van der Waals surface area contributed by atoms with Crippen LogP contribution >= 0.6 is 0 Å². The Bertz CT molecular complexity index is 422. The minimum Gasteiger partial charge on any atom is -0.325 e. The second-order valence-electron chi connectivity index (χ2n) is 4.85. The number of amides is 1. The maximum Gasteiger partial charge on any atom is 0.232 e. The van der Waals surface area contributed by atoms with Crippen molar-refractivity contribution in [1.82, 2.24) is 5.32 Å². The molecule has 1 spiro atoms. The lowest BCUT2D eigenvalue weighted by Crippen LogP contribution is -2.51. The highest BCUT2D eigenvalue weighted by atomic mass is 16.2. The van der Waals surface area contributed by atoms with Crippen LogP contribution in [0, 0.1) is 5.41 Å². The lowest BCUT2D eigenvalue weighted by atomic mass is 9.73. The van der Waals surface area contributed by atoms with E-state index in [0.717, 1.165) is 38.0 Å². The van der Waals surface area contributed by atoms with Crippen molar-refractivity contribution in [3.63, 3.8) is 0 Å². The van der Waals surface area contributed by atoms with Crippen LogP contribution in [0.15, 0.2) is 24.3 Å². The molecule has 0 aliphatic carbocycles. The van der Waals surface area contributed by atoms with E-state index in [1.807, 2.05) is 18.2 Å². The SMILES string of the molecule is O=C1Nc2ccccc2CC12CCCNC2. The van der Waals surface area contributed by atoms with Crippen LogP contribution in [-0.4, -0.2) is 19.0 Å². The molecule has 2 heterocycles. The maximum absolute atomic E-state index is 12.2. The first-order chi connectivity index (χ1) is 7.80. The second-order valence-corrected chi connectivity index (χ2v) is 4.85. The van der Waals surface area contributed by atoms with Crippen LogP contribution < -0.4 is 10.6 Å². The molecule has 0 bridgehead atoms. The smallest absolute Gasteiger partial charge is 0.232 e. The largest absolute Gasteiger partial charge is 0.325 e. The molecule has 1 atom stereocenters. The van der Waals surface area contributed by atoms with Gasteiger partial charge in [0.25, 0.3) is 0 Å². The number of fused-ring (bicyclic) bond motifs is 1. The topological polar surface area (TPSA) is 41.1 Å². The summed E-state index contributed by atoms with van der Waals surface area (Å²) in [4.78, 5) is 12.2. The third kappa shape index (κ3) is 1.43. The summed E-state index contributed by atoms with van der Waals surface area (Å²) >= 11 is 0. The molecule has 0 aromatic heterocycles. The molecule has 1 unspecified atom stereocenters. The first-order valence-corrected chi connectivity index (χ1v) is 5.90. The third-order valence-electron chi connectivity index (χ3n) is 3.75. The molecule has 0 radical (unpaired) electrons. The van der Waals surface area contributed by atoms with E-state index < -0.39 is 0 Å². The molecular weight excluding hydrogens is 200 g/mol. The van der Waals surface area contributed by atoms with Crippen LogP contribution in [0.5, 0.6) is 0 Å². The Morgan fingerprint density at radius 2 is 2.12 bits per heavy atom. The summed E-state index contributed by atoms with van der Waals surface area (Å²) in [5.74, 6) is 0.193. The number of anilines is 1. The van der Waals surface area contributed by atoms with Gasteiger partial charge in [-0.2, -0.15) is 0 Å². The Kier molecular flexibility index (Phi) is 2.21. The van der Waals surface area contributed by atoms with Gasteiger partial charge in [-0.1, -0.05) is 18.2 Å². The molecule has 1 aromatic rings. The van der Waals surface area contributed by atoms with Crippen molar-refractivity contribution in [2.24, 2.45) is 5.41 Å². The van der Waals surface area contributed by atoms with Crippen LogP contribution in [-0.2, 0) is 11.2 Å². The molecule has 1 amide bonds. The van der Waals surface area contributed by atoms with Gasteiger partial charge >= 0.3 is 0 Å². The van der Waals surface area contributed by atoms with E-state index in [9.17, 15) is 4.79 Å². The Balaban J connectivity index is 1.97. The third-order valence-corrected chi connectivity index (χ3v) is 3.75. The summed E-state index contributed by atoms with van der Waals surface area (Å²) in [6, 6.07) is 8.11. The van der Waals surface area contributed by atoms with Gasteiger partial charge in [0.2, 0.25) is 5.91 Å². The fourth-order valence-electron chi connectivity index (χ4n) is 2.81. The first kappa shape index (κ1) is 9.85. The van der Waals surface area contributed by atoms with Crippen molar-refractivity contribution in [1.29, 1.82) is 0 Å². The van der Waals surface area contributed by atoms with Gasteiger partial charge in [0.1, 0.15) is 0 Å². The summed E-state index contributed by atoms with van der Waals surface area (Å²) in [7, 11) is 0. The minimum atomic E-state index is -0.202. The van der Waals surface area contributed by atoms with Crippen molar-refractivity contribution in [3.8, 4) is 0 Å². The van der Waals surface area contributed by atoms with Gasteiger partial charge in [-0.15, -0.1) is 0 Å². The molecule has 1 saturated heterocycles. The normalized spacial score (nSPS) is 28.6. The van der Waals surface area contributed by atoms with Crippen LogP contribution in [0.25, 0.3) is 0 Å². The fourth-order valence-corrected chi connectivity index (χ4v) is 2.81. The van der Waals surface area contributed by atoms with Crippen LogP contribution in [0.2, 0.25) is 0 Å². The molecule has 2 aliphatic heterocycles. The number of piperidine rings is 1. The van der Waals surface area contributed by atoms with Crippen molar-refractivity contribution in [2.75, 3.05) is 18.4 Å². The molecule has 3 heteroatoms. The highest BCUT2D eigenvalue weighted by Gasteiger charge is 2.42. The van der Waals surface area contributed by atoms with Gasteiger partial charge in [-0.05, 0) is 37.4 Å². The van der Waals surface area contributed by atoms with Crippen LogP contribution in [0.4, 0.5) is 5.69 Å². The van der Waals surface area contributed by atoms with Crippen LogP contribution in [0.1, 0.15) is 18.4 Å². The van der Waals surface area contributed by atoms with Gasteiger partial charge in [-0.3, -0.25) is 4.79 Å². The van der Waals surface area contributed by atoms with E-state index in [-0.39, 0.29) is 11.3 Å². The average molecular weight is 216 g/mol. The zero-order chi connectivity index (χ0) is 11.0.